The Hall–Kier alpha value is -1.25. The Morgan fingerprint density at radius 1 is 1.29 bits per heavy atom. The minimum Gasteiger partial charge on any atom is -0.356 e. The van der Waals surface area contributed by atoms with Gasteiger partial charge in [-0.25, -0.2) is 0 Å². The van der Waals surface area contributed by atoms with Crippen LogP contribution in [0.2, 0.25) is 0 Å². The molecule has 0 spiro atoms. The van der Waals surface area contributed by atoms with E-state index in [0.29, 0.717) is 13.0 Å². The molecule has 0 radical (unpaired) electrons. The maximum Gasteiger partial charge on any atom is 0.416 e. The molecular weight excluding hydrogens is 430 g/mol. The molecule has 0 fully saturated rings. The average Bonchev–Trinajstić information content (AvgIpc) is 2.51. The number of halogens is 4. The van der Waals surface area contributed by atoms with E-state index in [0.717, 1.165) is 43.0 Å². The van der Waals surface area contributed by atoms with Crippen LogP contribution in [0.3, 0.4) is 0 Å². The van der Waals surface area contributed by atoms with Gasteiger partial charge in [0.1, 0.15) is 0 Å². The van der Waals surface area contributed by atoms with Gasteiger partial charge in [0, 0.05) is 27.2 Å². The number of unbranched alkanes of at least 4 members (excludes halogenated alkanes) is 1. The predicted molar refractivity (Wildman–Crippen MR) is 104 cm³/mol. The molecule has 1 aromatic carbocycles. The van der Waals surface area contributed by atoms with E-state index in [4.69, 9.17) is 0 Å². The van der Waals surface area contributed by atoms with Crippen molar-refractivity contribution in [1.82, 2.24) is 10.2 Å². The molecule has 0 atom stereocenters. The van der Waals surface area contributed by atoms with Crippen molar-refractivity contribution in [2.45, 2.75) is 25.4 Å². The van der Waals surface area contributed by atoms with Gasteiger partial charge in [0.25, 0.3) is 0 Å². The van der Waals surface area contributed by atoms with Gasteiger partial charge in [-0.2, -0.15) is 13.2 Å². The summed E-state index contributed by atoms with van der Waals surface area (Å²) in [6.45, 7) is 5.17. The molecule has 1 aromatic rings. The van der Waals surface area contributed by atoms with Gasteiger partial charge < -0.3 is 10.2 Å². The zero-order valence-corrected chi connectivity index (χ0v) is 16.4. The van der Waals surface area contributed by atoms with Gasteiger partial charge in [-0.05, 0) is 37.0 Å². The van der Waals surface area contributed by atoms with Crippen LogP contribution in [-0.4, -0.2) is 38.0 Å². The van der Waals surface area contributed by atoms with E-state index >= 15 is 0 Å². The van der Waals surface area contributed by atoms with Crippen LogP contribution < -0.4 is 5.32 Å². The highest BCUT2D eigenvalue weighted by Gasteiger charge is 2.29. The third-order valence-corrected chi connectivity index (χ3v) is 3.45. The molecule has 0 amide bonds. The van der Waals surface area contributed by atoms with Gasteiger partial charge in [0.2, 0.25) is 0 Å². The van der Waals surface area contributed by atoms with E-state index in [1.807, 2.05) is 18.0 Å². The summed E-state index contributed by atoms with van der Waals surface area (Å²) >= 11 is 0. The number of hydrogen-bond donors (Lipinski definition) is 1. The standard InChI is InChI=1S/C17H24F3N3.HI/c1-4-5-6-13-23(3)16(21-2)22-12-11-14-7-9-15(10-8-14)17(18,19)20;/h4,7-10H,1,5-6,11-13H2,2-3H3,(H,21,22);1H. The van der Waals surface area contributed by atoms with Crippen LogP contribution >= 0.6 is 24.0 Å². The molecule has 0 saturated heterocycles. The SMILES string of the molecule is C=CCCCN(C)C(=NC)NCCc1ccc(C(F)(F)F)cc1.I. The molecule has 7 heteroatoms. The van der Waals surface area contributed by atoms with E-state index in [1.54, 1.807) is 7.05 Å². The topological polar surface area (TPSA) is 27.6 Å². The highest BCUT2D eigenvalue weighted by atomic mass is 127. The number of hydrogen-bond acceptors (Lipinski definition) is 1. The minimum atomic E-state index is -4.28. The van der Waals surface area contributed by atoms with Crippen molar-refractivity contribution in [3.8, 4) is 0 Å². The second kappa shape index (κ2) is 11.3. The normalized spacial score (nSPS) is 11.6. The van der Waals surface area contributed by atoms with E-state index < -0.39 is 11.7 Å². The molecule has 136 valence electrons. The third kappa shape index (κ3) is 8.03. The van der Waals surface area contributed by atoms with Gasteiger partial charge in [0.05, 0.1) is 5.56 Å². The smallest absolute Gasteiger partial charge is 0.356 e. The minimum absolute atomic E-state index is 0. The molecular formula is C17H25F3IN3. The van der Waals surface area contributed by atoms with Crippen LogP contribution in [0.25, 0.3) is 0 Å². The van der Waals surface area contributed by atoms with Crippen molar-refractivity contribution < 1.29 is 13.2 Å². The van der Waals surface area contributed by atoms with Gasteiger partial charge in [0.15, 0.2) is 5.96 Å². The molecule has 0 aliphatic carbocycles. The zero-order chi connectivity index (χ0) is 17.3. The maximum absolute atomic E-state index is 12.5. The summed E-state index contributed by atoms with van der Waals surface area (Å²) in [7, 11) is 3.67. The number of alkyl halides is 3. The third-order valence-electron chi connectivity index (χ3n) is 3.45. The lowest BCUT2D eigenvalue weighted by Gasteiger charge is -2.21. The van der Waals surface area contributed by atoms with Crippen molar-refractivity contribution in [1.29, 1.82) is 0 Å². The summed E-state index contributed by atoms with van der Waals surface area (Å²) in [4.78, 5) is 6.23. The van der Waals surface area contributed by atoms with Crippen molar-refractivity contribution in [3.63, 3.8) is 0 Å². The van der Waals surface area contributed by atoms with E-state index in [1.165, 1.54) is 12.1 Å². The summed E-state index contributed by atoms with van der Waals surface area (Å²) in [5, 5.41) is 3.22. The van der Waals surface area contributed by atoms with Crippen molar-refractivity contribution in [2.24, 2.45) is 4.99 Å². The summed E-state index contributed by atoms with van der Waals surface area (Å²) in [5.74, 6) is 0.779. The van der Waals surface area contributed by atoms with Crippen LogP contribution in [0.5, 0.6) is 0 Å². The summed E-state index contributed by atoms with van der Waals surface area (Å²) in [6, 6.07) is 5.26. The molecule has 0 aliphatic rings. The summed E-state index contributed by atoms with van der Waals surface area (Å²) < 4.78 is 37.5. The first kappa shape index (κ1) is 22.8. The van der Waals surface area contributed by atoms with Crippen LogP contribution in [0, 0.1) is 0 Å². The number of benzene rings is 1. The number of nitrogens with one attached hydrogen (secondary N) is 1. The highest BCUT2D eigenvalue weighted by Crippen LogP contribution is 2.29. The summed E-state index contributed by atoms with van der Waals surface area (Å²) in [5.41, 5.74) is 0.238. The molecule has 1 N–H and O–H groups in total. The van der Waals surface area contributed by atoms with Gasteiger partial charge in [-0.15, -0.1) is 30.6 Å². The average molecular weight is 455 g/mol. The molecule has 0 bridgehead atoms. The molecule has 3 nitrogen and oxygen atoms in total. The highest BCUT2D eigenvalue weighted by molar-refractivity contribution is 14.0. The van der Waals surface area contributed by atoms with Gasteiger partial charge in [-0.1, -0.05) is 18.2 Å². The number of nitrogens with zero attached hydrogens (tertiary/aromatic N) is 2. The molecule has 0 unspecified atom stereocenters. The molecule has 0 saturated carbocycles. The fourth-order valence-corrected chi connectivity index (χ4v) is 2.14. The molecule has 0 aliphatic heterocycles. The Balaban J connectivity index is 0.00000529. The second-order valence-electron chi connectivity index (χ2n) is 5.27. The maximum atomic E-state index is 12.5. The van der Waals surface area contributed by atoms with Crippen molar-refractivity contribution in [3.05, 3.63) is 48.0 Å². The lowest BCUT2D eigenvalue weighted by Crippen LogP contribution is -2.40. The van der Waals surface area contributed by atoms with Crippen molar-refractivity contribution in [2.75, 3.05) is 27.2 Å². The number of allylic oxidation sites excluding steroid dienone is 1. The van der Waals surface area contributed by atoms with E-state index in [2.05, 4.69) is 16.9 Å². The quantitative estimate of drug-likeness (QED) is 0.218. The second-order valence-corrected chi connectivity index (χ2v) is 5.27. The zero-order valence-electron chi connectivity index (χ0n) is 14.1. The van der Waals surface area contributed by atoms with Gasteiger partial charge >= 0.3 is 6.18 Å². The largest absolute Gasteiger partial charge is 0.416 e. The molecule has 0 aromatic heterocycles. The number of guanidine groups is 1. The Morgan fingerprint density at radius 3 is 2.42 bits per heavy atom. The monoisotopic (exact) mass is 455 g/mol. The summed E-state index contributed by atoms with van der Waals surface area (Å²) in [6.07, 6.45) is 0.186. The lowest BCUT2D eigenvalue weighted by molar-refractivity contribution is -0.137. The Morgan fingerprint density at radius 2 is 1.92 bits per heavy atom. The molecule has 0 heterocycles. The van der Waals surface area contributed by atoms with Crippen LogP contribution in [0.4, 0.5) is 13.2 Å². The Kier molecular flexibility index (Phi) is 10.7. The number of aliphatic imine (C=N–C) groups is 1. The predicted octanol–water partition coefficient (Wildman–Crippen LogP) is 4.34. The first-order chi connectivity index (χ1) is 10.9. The van der Waals surface area contributed by atoms with E-state index in [9.17, 15) is 13.2 Å². The Labute approximate surface area is 159 Å². The first-order valence-electron chi connectivity index (χ1n) is 7.57. The number of rotatable bonds is 7. The van der Waals surface area contributed by atoms with Gasteiger partial charge in [-0.3, -0.25) is 4.99 Å². The molecule has 24 heavy (non-hydrogen) atoms. The van der Waals surface area contributed by atoms with Crippen molar-refractivity contribution >= 4 is 29.9 Å². The molecule has 1 rings (SSSR count). The van der Waals surface area contributed by atoms with Crippen LogP contribution in [-0.2, 0) is 12.6 Å². The van der Waals surface area contributed by atoms with Crippen LogP contribution in [0.15, 0.2) is 41.9 Å². The van der Waals surface area contributed by atoms with E-state index in [-0.39, 0.29) is 24.0 Å². The van der Waals surface area contributed by atoms with Crippen LogP contribution in [0.1, 0.15) is 24.0 Å². The Bertz CT molecular complexity index is 513. The fraction of sp³-hybridized carbons (Fsp3) is 0.471. The fourth-order valence-electron chi connectivity index (χ4n) is 2.14. The first-order valence-corrected chi connectivity index (χ1v) is 7.57. The lowest BCUT2D eigenvalue weighted by atomic mass is 10.1.